The minimum absolute atomic E-state index is 0.303. The van der Waals surface area contributed by atoms with Gasteiger partial charge in [-0.05, 0) is 55.2 Å². The zero-order valence-corrected chi connectivity index (χ0v) is 13.1. The van der Waals surface area contributed by atoms with Crippen LogP contribution in [-0.4, -0.2) is 16.7 Å². The highest BCUT2D eigenvalue weighted by Gasteiger charge is 2.32. The maximum absolute atomic E-state index is 11.0. The van der Waals surface area contributed by atoms with Crippen molar-refractivity contribution in [1.29, 1.82) is 0 Å². The maximum atomic E-state index is 11.0. The van der Waals surface area contributed by atoms with Crippen LogP contribution in [0.5, 0.6) is 5.75 Å². The number of carbonyl (C=O) groups is 1. The molecule has 4 heteroatoms. The topological polar surface area (TPSA) is 46.5 Å². The number of carboxylic acids is 1. The molecule has 0 spiro atoms. The number of rotatable bonds is 3. The molecular formula is C18H17ClO3. The van der Waals surface area contributed by atoms with E-state index < -0.39 is 5.97 Å². The summed E-state index contributed by atoms with van der Waals surface area (Å²) in [6.07, 6.45) is 2.36. The molecule has 1 N–H and O–H groups in total. The molecule has 0 bridgehead atoms. The first-order valence-corrected chi connectivity index (χ1v) is 7.63. The lowest BCUT2D eigenvalue weighted by atomic mass is 9.87. The standard InChI is InChI=1S/C18H17ClO3/c1-18(11-14-4-2-3-5-15(14)19)9-8-12-10-13(17(20)21)6-7-16(12)22-18/h2-7,10H,8-9,11H2,1H3,(H,20,21). The average molecular weight is 317 g/mol. The Morgan fingerprint density at radius 3 is 2.82 bits per heavy atom. The van der Waals surface area contributed by atoms with Crippen LogP contribution in [0.2, 0.25) is 5.02 Å². The third-order valence-corrected chi connectivity index (χ3v) is 4.48. The molecule has 114 valence electrons. The molecule has 2 aromatic carbocycles. The van der Waals surface area contributed by atoms with E-state index in [1.165, 1.54) is 0 Å². The van der Waals surface area contributed by atoms with Gasteiger partial charge in [-0.2, -0.15) is 0 Å². The highest BCUT2D eigenvalue weighted by Crippen LogP contribution is 2.36. The normalized spacial score (nSPS) is 20.1. The summed E-state index contributed by atoms with van der Waals surface area (Å²) in [5.74, 6) is -0.141. The van der Waals surface area contributed by atoms with Crippen LogP contribution in [0.1, 0.15) is 34.8 Å². The first-order valence-electron chi connectivity index (χ1n) is 7.25. The molecule has 1 heterocycles. The van der Waals surface area contributed by atoms with Gasteiger partial charge < -0.3 is 9.84 Å². The largest absolute Gasteiger partial charge is 0.487 e. The van der Waals surface area contributed by atoms with Crippen molar-refractivity contribution < 1.29 is 14.6 Å². The second-order valence-electron chi connectivity index (χ2n) is 5.95. The third-order valence-electron chi connectivity index (χ3n) is 4.11. The molecule has 1 aliphatic rings. The number of halogens is 1. The molecule has 1 atom stereocenters. The zero-order valence-electron chi connectivity index (χ0n) is 12.3. The lowest BCUT2D eigenvalue weighted by Crippen LogP contribution is -2.38. The van der Waals surface area contributed by atoms with Crippen LogP contribution in [0.3, 0.4) is 0 Å². The van der Waals surface area contributed by atoms with Gasteiger partial charge in [0, 0.05) is 11.4 Å². The number of aromatic carboxylic acids is 1. The number of benzene rings is 2. The van der Waals surface area contributed by atoms with Gasteiger partial charge in [-0.3, -0.25) is 0 Å². The van der Waals surface area contributed by atoms with Crippen LogP contribution in [-0.2, 0) is 12.8 Å². The molecule has 0 aromatic heterocycles. The molecule has 2 aromatic rings. The summed E-state index contributed by atoms with van der Waals surface area (Å²) in [6.45, 7) is 2.07. The van der Waals surface area contributed by atoms with Crippen LogP contribution in [0.15, 0.2) is 42.5 Å². The predicted octanol–water partition coefficient (Wildman–Crippen LogP) is 4.36. The van der Waals surface area contributed by atoms with E-state index in [2.05, 4.69) is 6.92 Å². The molecule has 3 rings (SSSR count). The third kappa shape index (κ3) is 2.95. The Kier molecular flexibility index (Phi) is 3.83. The molecular weight excluding hydrogens is 300 g/mol. The predicted molar refractivity (Wildman–Crippen MR) is 85.9 cm³/mol. The van der Waals surface area contributed by atoms with Crippen LogP contribution in [0, 0.1) is 0 Å². The summed E-state index contributed by atoms with van der Waals surface area (Å²) < 4.78 is 6.16. The molecule has 0 fully saturated rings. The fourth-order valence-electron chi connectivity index (χ4n) is 2.89. The Morgan fingerprint density at radius 2 is 2.09 bits per heavy atom. The van der Waals surface area contributed by atoms with Crippen molar-refractivity contribution in [1.82, 2.24) is 0 Å². The van der Waals surface area contributed by atoms with E-state index in [9.17, 15) is 4.79 Å². The van der Waals surface area contributed by atoms with Gasteiger partial charge in [0.15, 0.2) is 0 Å². The van der Waals surface area contributed by atoms with Gasteiger partial charge in [0.25, 0.3) is 0 Å². The average Bonchev–Trinajstić information content (AvgIpc) is 2.49. The first-order chi connectivity index (χ1) is 10.5. The molecule has 1 aliphatic heterocycles. The number of fused-ring (bicyclic) bond motifs is 1. The number of carboxylic acid groups (broad SMARTS) is 1. The van der Waals surface area contributed by atoms with Crippen molar-refractivity contribution in [2.45, 2.75) is 31.8 Å². The van der Waals surface area contributed by atoms with Crippen molar-refractivity contribution in [2.24, 2.45) is 0 Å². The second-order valence-corrected chi connectivity index (χ2v) is 6.36. The monoisotopic (exact) mass is 316 g/mol. The number of hydrogen-bond donors (Lipinski definition) is 1. The van der Waals surface area contributed by atoms with Gasteiger partial charge in [0.1, 0.15) is 11.4 Å². The Balaban J connectivity index is 1.84. The Labute approximate surface area is 134 Å². The van der Waals surface area contributed by atoms with Crippen LogP contribution >= 0.6 is 11.6 Å². The van der Waals surface area contributed by atoms with E-state index >= 15 is 0 Å². The lowest BCUT2D eigenvalue weighted by molar-refractivity contribution is 0.0649. The van der Waals surface area contributed by atoms with Gasteiger partial charge >= 0.3 is 5.97 Å². The molecule has 22 heavy (non-hydrogen) atoms. The molecule has 0 amide bonds. The molecule has 0 saturated carbocycles. The van der Waals surface area contributed by atoms with E-state index in [0.29, 0.717) is 5.56 Å². The van der Waals surface area contributed by atoms with E-state index in [1.54, 1.807) is 18.2 Å². The second kappa shape index (κ2) is 5.65. The van der Waals surface area contributed by atoms with Crippen molar-refractivity contribution in [2.75, 3.05) is 0 Å². The summed E-state index contributed by atoms with van der Waals surface area (Å²) in [5.41, 5.74) is 1.99. The number of aryl methyl sites for hydroxylation is 1. The van der Waals surface area contributed by atoms with Gasteiger partial charge in [0.2, 0.25) is 0 Å². The number of ether oxygens (including phenoxy) is 1. The number of hydrogen-bond acceptors (Lipinski definition) is 2. The fraction of sp³-hybridized carbons (Fsp3) is 0.278. The minimum Gasteiger partial charge on any atom is -0.487 e. The first kappa shape index (κ1) is 14.9. The van der Waals surface area contributed by atoms with E-state index in [1.807, 2.05) is 24.3 Å². The van der Waals surface area contributed by atoms with E-state index in [-0.39, 0.29) is 5.60 Å². The molecule has 1 unspecified atom stereocenters. The van der Waals surface area contributed by atoms with Crippen molar-refractivity contribution in [3.05, 3.63) is 64.2 Å². The summed E-state index contributed by atoms with van der Waals surface area (Å²) in [7, 11) is 0. The maximum Gasteiger partial charge on any atom is 0.335 e. The van der Waals surface area contributed by atoms with Gasteiger partial charge in [0.05, 0.1) is 5.56 Å². The Hall–Kier alpha value is -2.00. The van der Waals surface area contributed by atoms with Gasteiger partial charge in [-0.25, -0.2) is 4.79 Å². The summed E-state index contributed by atoms with van der Waals surface area (Å²) in [4.78, 5) is 11.0. The van der Waals surface area contributed by atoms with Crippen molar-refractivity contribution >= 4 is 17.6 Å². The molecule has 0 saturated heterocycles. The quantitative estimate of drug-likeness (QED) is 0.915. The van der Waals surface area contributed by atoms with Crippen LogP contribution < -0.4 is 4.74 Å². The Bertz CT molecular complexity index is 726. The van der Waals surface area contributed by atoms with Crippen molar-refractivity contribution in [3.63, 3.8) is 0 Å². The zero-order chi connectivity index (χ0) is 15.7. The highest BCUT2D eigenvalue weighted by atomic mass is 35.5. The van der Waals surface area contributed by atoms with Crippen LogP contribution in [0.25, 0.3) is 0 Å². The van der Waals surface area contributed by atoms with E-state index in [4.69, 9.17) is 21.4 Å². The molecule has 3 nitrogen and oxygen atoms in total. The van der Waals surface area contributed by atoms with Crippen LogP contribution in [0.4, 0.5) is 0 Å². The molecule has 0 radical (unpaired) electrons. The van der Waals surface area contributed by atoms with Gasteiger partial charge in [-0.15, -0.1) is 0 Å². The Morgan fingerprint density at radius 1 is 1.32 bits per heavy atom. The summed E-state index contributed by atoms with van der Waals surface area (Å²) in [6, 6.07) is 12.8. The highest BCUT2D eigenvalue weighted by molar-refractivity contribution is 6.31. The van der Waals surface area contributed by atoms with Crippen molar-refractivity contribution in [3.8, 4) is 5.75 Å². The molecule has 0 aliphatic carbocycles. The SMILES string of the molecule is CC1(Cc2ccccc2Cl)CCc2cc(C(=O)O)ccc2O1. The van der Waals surface area contributed by atoms with Gasteiger partial charge in [-0.1, -0.05) is 29.8 Å². The lowest BCUT2D eigenvalue weighted by Gasteiger charge is -2.36. The van der Waals surface area contributed by atoms with E-state index in [0.717, 1.165) is 41.2 Å². The minimum atomic E-state index is -0.910. The summed E-state index contributed by atoms with van der Waals surface area (Å²) >= 11 is 6.24. The smallest absolute Gasteiger partial charge is 0.335 e. The summed E-state index contributed by atoms with van der Waals surface area (Å²) in [5, 5.41) is 9.81. The fourth-order valence-corrected chi connectivity index (χ4v) is 3.09.